The van der Waals surface area contributed by atoms with E-state index < -0.39 is 5.97 Å². The number of thiazole rings is 1. The van der Waals surface area contributed by atoms with Gasteiger partial charge in [0.25, 0.3) is 0 Å². The fourth-order valence-electron chi connectivity index (χ4n) is 0.996. The monoisotopic (exact) mass is 214 g/mol. The Kier molecular flexibility index (Phi) is 4.39. The largest absolute Gasteiger partial charge is 0.481 e. The molecule has 4 nitrogen and oxygen atoms in total. The molecule has 0 aliphatic carbocycles. The predicted octanol–water partition coefficient (Wildman–Crippen LogP) is 1.98. The van der Waals surface area contributed by atoms with Gasteiger partial charge in [-0.05, 0) is 6.42 Å². The lowest BCUT2D eigenvalue weighted by atomic mass is 10.3. The molecule has 0 saturated heterocycles. The third kappa shape index (κ3) is 3.74. The topological polar surface area (TPSA) is 62.2 Å². The van der Waals surface area contributed by atoms with E-state index in [0.29, 0.717) is 5.69 Å². The fraction of sp³-hybridized carbons (Fsp3) is 0.556. The molecule has 0 spiro atoms. The van der Waals surface area contributed by atoms with Gasteiger partial charge in [0.15, 0.2) is 5.13 Å². The number of nitrogens with zero attached hydrogens (tertiary/aromatic N) is 1. The van der Waals surface area contributed by atoms with Crippen molar-refractivity contribution in [1.29, 1.82) is 0 Å². The Morgan fingerprint density at radius 2 is 2.50 bits per heavy atom. The van der Waals surface area contributed by atoms with Crippen LogP contribution >= 0.6 is 11.3 Å². The van der Waals surface area contributed by atoms with E-state index in [0.717, 1.165) is 24.5 Å². The average molecular weight is 214 g/mol. The SMILES string of the molecule is CCCCNc1nc(CC(=O)O)cs1. The zero-order valence-corrected chi connectivity index (χ0v) is 8.93. The van der Waals surface area contributed by atoms with Crippen LogP contribution in [-0.4, -0.2) is 22.6 Å². The van der Waals surface area contributed by atoms with Crippen LogP contribution in [0.25, 0.3) is 0 Å². The molecule has 1 aromatic rings. The number of nitrogens with one attached hydrogen (secondary N) is 1. The number of hydrogen-bond donors (Lipinski definition) is 2. The molecule has 0 aromatic carbocycles. The van der Waals surface area contributed by atoms with E-state index in [9.17, 15) is 4.79 Å². The first-order valence-electron chi connectivity index (χ1n) is 4.62. The Morgan fingerprint density at radius 3 is 3.14 bits per heavy atom. The lowest BCUT2D eigenvalue weighted by molar-refractivity contribution is -0.136. The zero-order valence-electron chi connectivity index (χ0n) is 8.12. The quantitative estimate of drug-likeness (QED) is 0.711. The number of carbonyl (C=O) groups is 1. The molecule has 0 bridgehead atoms. The molecule has 1 aromatic heterocycles. The molecule has 0 saturated carbocycles. The second-order valence-corrected chi connectivity index (χ2v) is 3.85. The van der Waals surface area contributed by atoms with Crippen LogP contribution in [0.5, 0.6) is 0 Å². The minimum Gasteiger partial charge on any atom is -0.481 e. The van der Waals surface area contributed by atoms with Crippen molar-refractivity contribution in [3.8, 4) is 0 Å². The van der Waals surface area contributed by atoms with Crippen LogP contribution in [-0.2, 0) is 11.2 Å². The highest BCUT2D eigenvalue weighted by atomic mass is 32.1. The Hall–Kier alpha value is -1.10. The lowest BCUT2D eigenvalue weighted by Gasteiger charge is -1.98. The second-order valence-electron chi connectivity index (χ2n) is 2.99. The van der Waals surface area contributed by atoms with Crippen LogP contribution in [0.15, 0.2) is 5.38 Å². The van der Waals surface area contributed by atoms with Crippen molar-refractivity contribution in [2.75, 3.05) is 11.9 Å². The van der Waals surface area contributed by atoms with E-state index in [1.165, 1.54) is 11.3 Å². The fourth-order valence-corrected chi connectivity index (χ4v) is 1.74. The van der Waals surface area contributed by atoms with E-state index in [4.69, 9.17) is 5.11 Å². The van der Waals surface area contributed by atoms with Crippen molar-refractivity contribution >= 4 is 22.4 Å². The van der Waals surface area contributed by atoms with Gasteiger partial charge < -0.3 is 10.4 Å². The number of aromatic nitrogens is 1. The van der Waals surface area contributed by atoms with Crippen LogP contribution in [0.3, 0.4) is 0 Å². The Morgan fingerprint density at radius 1 is 1.71 bits per heavy atom. The van der Waals surface area contributed by atoms with Gasteiger partial charge in [-0.3, -0.25) is 4.79 Å². The molecule has 0 amide bonds. The van der Waals surface area contributed by atoms with Crippen LogP contribution < -0.4 is 5.32 Å². The Bertz CT molecular complexity index is 299. The van der Waals surface area contributed by atoms with Crippen LogP contribution in [0.1, 0.15) is 25.5 Å². The molecule has 0 fully saturated rings. The number of carboxylic acids is 1. The third-order valence-corrected chi connectivity index (χ3v) is 2.54. The Balaban J connectivity index is 2.38. The highest BCUT2D eigenvalue weighted by Gasteiger charge is 2.04. The molecular weight excluding hydrogens is 200 g/mol. The smallest absolute Gasteiger partial charge is 0.309 e. The molecule has 0 atom stereocenters. The summed E-state index contributed by atoms with van der Waals surface area (Å²) in [5, 5.41) is 14.3. The summed E-state index contributed by atoms with van der Waals surface area (Å²) in [6, 6.07) is 0. The normalized spacial score (nSPS) is 10.1. The van der Waals surface area contributed by atoms with E-state index in [2.05, 4.69) is 17.2 Å². The molecule has 14 heavy (non-hydrogen) atoms. The molecule has 0 aliphatic rings. The summed E-state index contributed by atoms with van der Waals surface area (Å²) in [6.45, 7) is 3.02. The van der Waals surface area contributed by atoms with Gasteiger partial charge in [-0.25, -0.2) is 4.98 Å². The minimum atomic E-state index is -0.838. The molecule has 0 radical (unpaired) electrons. The maximum atomic E-state index is 10.4. The van der Waals surface area contributed by atoms with Crippen molar-refractivity contribution in [2.24, 2.45) is 0 Å². The lowest BCUT2D eigenvalue weighted by Crippen LogP contribution is -2.02. The van der Waals surface area contributed by atoms with Crippen molar-refractivity contribution in [3.05, 3.63) is 11.1 Å². The van der Waals surface area contributed by atoms with Gasteiger partial charge in [-0.15, -0.1) is 11.3 Å². The maximum Gasteiger partial charge on any atom is 0.309 e. The molecule has 1 rings (SSSR count). The van der Waals surface area contributed by atoms with E-state index >= 15 is 0 Å². The number of anilines is 1. The van der Waals surface area contributed by atoms with Gasteiger partial charge in [0.1, 0.15) is 0 Å². The zero-order chi connectivity index (χ0) is 10.4. The predicted molar refractivity (Wildman–Crippen MR) is 56.9 cm³/mol. The maximum absolute atomic E-state index is 10.4. The number of carboxylic acid groups (broad SMARTS) is 1. The molecule has 2 N–H and O–H groups in total. The third-order valence-electron chi connectivity index (χ3n) is 1.69. The highest BCUT2D eigenvalue weighted by molar-refractivity contribution is 7.13. The molecule has 78 valence electrons. The van der Waals surface area contributed by atoms with Crippen molar-refractivity contribution < 1.29 is 9.90 Å². The van der Waals surface area contributed by atoms with Gasteiger partial charge in [-0.1, -0.05) is 13.3 Å². The average Bonchev–Trinajstić information content (AvgIpc) is 2.52. The van der Waals surface area contributed by atoms with Gasteiger partial charge >= 0.3 is 5.97 Å². The van der Waals surface area contributed by atoms with Crippen LogP contribution in [0.2, 0.25) is 0 Å². The van der Waals surface area contributed by atoms with Crippen LogP contribution in [0.4, 0.5) is 5.13 Å². The van der Waals surface area contributed by atoms with E-state index in [-0.39, 0.29) is 6.42 Å². The first-order valence-corrected chi connectivity index (χ1v) is 5.50. The molecule has 0 unspecified atom stereocenters. The van der Waals surface area contributed by atoms with Crippen molar-refractivity contribution in [3.63, 3.8) is 0 Å². The molecular formula is C9H14N2O2S. The first kappa shape index (κ1) is 11.0. The summed E-state index contributed by atoms with van der Waals surface area (Å²) in [4.78, 5) is 14.5. The van der Waals surface area contributed by atoms with Gasteiger partial charge in [0.2, 0.25) is 0 Å². The van der Waals surface area contributed by atoms with Gasteiger partial charge in [-0.2, -0.15) is 0 Å². The molecule has 5 heteroatoms. The molecule has 1 heterocycles. The number of aliphatic carboxylic acids is 1. The number of hydrogen-bond acceptors (Lipinski definition) is 4. The summed E-state index contributed by atoms with van der Waals surface area (Å²) in [7, 11) is 0. The number of unbranched alkanes of at least 4 members (excludes halogenated alkanes) is 1. The van der Waals surface area contributed by atoms with Crippen molar-refractivity contribution in [1.82, 2.24) is 4.98 Å². The highest BCUT2D eigenvalue weighted by Crippen LogP contribution is 2.15. The summed E-state index contributed by atoms with van der Waals surface area (Å²) in [6.07, 6.45) is 2.25. The standard InChI is InChI=1S/C9H14N2O2S/c1-2-3-4-10-9-11-7(6-14-9)5-8(12)13/h6H,2-5H2,1H3,(H,10,11)(H,12,13). The number of rotatable bonds is 6. The first-order chi connectivity index (χ1) is 6.72. The van der Waals surface area contributed by atoms with Crippen molar-refractivity contribution in [2.45, 2.75) is 26.2 Å². The van der Waals surface area contributed by atoms with Crippen LogP contribution in [0, 0.1) is 0 Å². The summed E-state index contributed by atoms with van der Waals surface area (Å²) in [5.74, 6) is -0.838. The van der Waals surface area contributed by atoms with E-state index in [1.54, 1.807) is 5.38 Å². The summed E-state index contributed by atoms with van der Waals surface area (Å²) in [5.41, 5.74) is 0.626. The second kappa shape index (κ2) is 5.59. The minimum absolute atomic E-state index is 0.00591. The molecule has 0 aliphatic heterocycles. The van der Waals surface area contributed by atoms with Gasteiger partial charge in [0, 0.05) is 11.9 Å². The summed E-state index contributed by atoms with van der Waals surface area (Å²) < 4.78 is 0. The summed E-state index contributed by atoms with van der Waals surface area (Å²) >= 11 is 1.46. The van der Waals surface area contributed by atoms with Gasteiger partial charge in [0.05, 0.1) is 12.1 Å². The van der Waals surface area contributed by atoms with E-state index in [1.807, 2.05) is 0 Å². The Labute approximate surface area is 87.0 Å².